The van der Waals surface area contributed by atoms with Gasteiger partial charge in [-0.05, 0) is 6.07 Å². The van der Waals surface area contributed by atoms with Gasteiger partial charge in [0, 0.05) is 18.3 Å². The minimum atomic E-state index is 0.726. The van der Waals surface area contributed by atoms with Crippen LogP contribution in [0.5, 0.6) is 5.75 Å². The van der Waals surface area contributed by atoms with Crippen LogP contribution in [0.2, 0.25) is 0 Å². The third kappa shape index (κ3) is 2.28. The van der Waals surface area contributed by atoms with Gasteiger partial charge >= 0.3 is 0 Å². The summed E-state index contributed by atoms with van der Waals surface area (Å²) in [4.78, 5) is 0. The molecule has 0 fully saturated rings. The molecule has 0 aliphatic carbocycles. The van der Waals surface area contributed by atoms with Gasteiger partial charge in [-0.1, -0.05) is 18.2 Å². The fourth-order valence-electron chi connectivity index (χ4n) is 1.39. The summed E-state index contributed by atoms with van der Waals surface area (Å²) in [6.07, 6.45) is 3.56. The van der Waals surface area contributed by atoms with Crippen LogP contribution in [0.1, 0.15) is 5.56 Å². The van der Waals surface area contributed by atoms with E-state index >= 15 is 0 Å². The molecular formula is C11H13N3O. The van der Waals surface area contributed by atoms with Gasteiger partial charge in [0.2, 0.25) is 0 Å². The molecule has 1 aromatic carbocycles. The maximum atomic E-state index is 5.25. The number of rotatable bonds is 4. The molecule has 0 aliphatic rings. The van der Waals surface area contributed by atoms with Gasteiger partial charge in [0.15, 0.2) is 0 Å². The normalized spacial score (nSPS) is 9.93. The molecule has 4 nitrogen and oxygen atoms in total. The number of nitrogens with zero attached hydrogens (tertiary/aromatic N) is 1. The molecule has 0 atom stereocenters. The summed E-state index contributed by atoms with van der Waals surface area (Å²) < 4.78 is 5.25. The van der Waals surface area contributed by atoms with E-state index in [9.17, 15) is 0 Å². The lowest BCUT2D eigenvalue weighted by molar-refractivity contribution is 0.410. The second-order valence-electron chi connectivity index (χ2n) is 3.15. The van der Waals surface area contributed by atoms with Gasteiger partial charge in [0.25, 0.3) is 0 Å². The molecule has 0 radical (unpaired) electrons. The molecule has 0 saturated heterocycles. The molecule has 0 bridgehead atoms. The van der Waals surface area contributed by atoms with Crippen molar-refractivity contribution in [1.29, 1.82) is 0 Å². The zero-order chi connectivity index (χ0) is 10.5. The van der Waals surface area contributed by atoms with Crippen molar-refractivity contribution in [2.45, 2.75) is 6.54 Å². The van der Waals surface area contributed by atoms with Crippen LogP contribution in [-0.4, -0.2) is 17.3 Å². The molecule has 1 aromatic heterocycles. The van der Waals surface area contributed by atoms with Gasteiger partial charge < -0.3 is 10.1 Å². The fourth-order valence-corrected chi connectivity index (χ4v) is 1.39. The maximum Gasteiger partial charge on any atom is 0.123 e. The Labute approximate surface area is 88.3 Å². The molecule has 15 heavy (non-hydrogen) atoms. The Morgan fingerprint density at radius 1 is 1.40 bits per heavy atom. The van der Waals surface area contributed by atoms with E-state index in [0.29, 0.717) is 0 Å². The van der Waals surface area contributed by atoms with Crippen LogP contribution in [0, 0.1) is 0 Å². The Morgan fingerprint density at radius 2 is 2.27 bits per heavy atom. The molecule has 0 amide bonds. The van der Waals surface area contributed by atoms with E-state index in [1.165, 1.54) is 0 Å². The monoisotopic (exact) mass is 203 g/mol. The molecule has 2 rings (SSSR count). The highest BCUT2D eigenvalue weighted by Gasteiger charge is 2.00. The minimum Gasteiger partial charge on any atom is -0.496 e. The third-order valence-electron chi connectivity index (χ3n) is 2.17. The Morgan fingerprint density at radius 3 is 3.00 bits per heavy atom. The molecule has 0 spiro atoms. The summed E-state index contributed by atoms with van der Waals surface area (Å²) in [5.41, 5.74) is 2.10. The van der Waals surface area contributed by atoms with Crippen molar-refractivity contribution in [2.24, 2.45) is 0 Å². The molecule has 2 aromatic rings. The van der Waals surface area contributed by atoms with Gasteiger partial charge in [0.05, 0.1) is 19.0 Å². The van der Waals surface area contributed by atoms with Crippen molar-refractivity contribution >= 4 is 5.69 Å². The van der Waals surface area contributed by atoms with Crippen LogP contribution >= 0.6 is 0 Å². The zero-order valence-electron chi connectivity index (χ0n) is 8.53. The predicted octanol–water partition coefficient (Wildman–Crippen LogP) is 2.03. The number of para-hydroxylation sites is 1. The summed E-state index contributed by atoms with van der Waals surface area (Å²) in [6, 6.07) is 7.94. The summed E-state index contributed by atoms with van der Waals surface area (Å²) in [5.74, 6) is 0.897. The van der Waals surface area contributed by atoms with Crippen LogP contribution in [-0.2, 0) is 6.54 Å². The van der Waals surface area contributed by atoms with E-state index in [2.05, 4.69) is 15.5 Å². The van der Waals surface area contributed by atoms with E-state index in [0.717, 1.165) is 23.5 Å². The quantitative estimate of drug-likeness (QED) is 0.799. The van der Waals surface area contributed by atoms with Gasteiger partial charge in [-0.3, -0.25) is 5.10 Å². The van der Waals surface area contributed by atoms with E-state index in [1.807, 2.05) is 30.5 Å². The molecular weight excluding hydrogens is 190 g/mol. The average Bonchev–Trinajstić information content (AvgIpc) is 2.79. The van der Waals surface area contributed by atoms with Crippen LogP contribution in [0.15, 0.2) is 36.7 Å². The largest absolute Gasteiger partial charge is 0.496 e. The van der Waals surface area contributed by atoms with Crippen molar-refractivity contribution < 1.29 is 4.74 Å². The smallest absolute Gasteiger partial charge is 0.123 e. The molecule has 1 heterocycles. The number of H-pyrrole nitrogens is 1. The first-order chi connectivity index (χ1) is 7.40. The topological polar surface area (TPSA) is 49.9 Å². The summed E-state index contributed by atoms with van der Waals surface area (Å²) in [7, 11) is 1.68. The molecule has 0 aliphatic heterocycles. The van der Waals surface area contributed by atoms with Gasteiger partial charge in [-0.2, -0.15) is 5.10 Å². The highest BCUT2D eigenvalue weighted by atomic mass is 16.5. The van der Waals surface area contributed by atoms with Gasteiger partial charge in [-0.25, -0.2) is 0 Å². The van der Waals surface area contributed by atoms with Gasteiger partial charge in [0.1, 0.15) is 5.75 Å². The Hall–Kier alpha value is -1.97. The Balaban J connectivity index is 2.04. The Kier molecular flexibility index (Phi) is 2.88. The van der Waals surface area contributed by atoms with Crippen molar-refractivity contribution in [2.75, 3.05) is 12.4 Å². The first kappa shape index (κ1) is 9.58. The minimum absolute atomic E-state index is 0.726. The maximum absolute atomic E-state index is 5.25. The molecule has 4 heteroatoms. The summed E-state index contributed by atoms with van der Waals surface area (Å²) >= 11 is 0. The van der Waals surface area contributed by atoms with Crippen molar-refractivity contribution in [3.63, 3.8) is 0 Å². The number of anilines is 1. The van der Waals surface area contributed by atoms with Crippen molar-refractivity contribution in [3.8, 4) is 5.75 Å². The van der Waals surface area contributed by atoms with Crippen molar-refractivity contribution in [1.82, 2.24) is 10.2 Å². The molecule has 78 valence electrons. The highest BCUT2D eigenvalue weighted by molar-refractivity contribution is 5.41. The number of benzene rings is 1. The number of aromatic nitrogens is 2. The summed E-state index contributed by atoms with van der Waals surface area (Å²) in [5, 5.41) is 9.85. The first-order valence-corrected chi connectivity index (χ1v) is 4.74. The third-order valence-corrected chi connectivity index (χ3v) is 2.17. The second kappa shape index (κ2) is 4.50. The van der Waals surface area contributed by atoms with E-state index in [4.69, 9.17) is 4.74 Å². The molecule has 0 saturated carbocycles. The Bertz CT molecular complexity index is 412. The standard InChI is InChI=1S/C11H13N3O/c1-15-11-5-3-2-4-9(11)6-12-10-7-13-14-8-10/h2-5,7-8,12H,6H2,1H3,(H,13,14). The average molecular weight is 203 g/mol. The number of hydrogen-bond donors (Lipinski definition) is 2. The zero-order valence-corrected chi connectivity index (χ0v) is 8.53. The lowest BCUT2D eigenvalue weighted by Gasteiger charge is -2.08. The predicted molar refractivity (Wildman–Crippen MR) is 58.9 cm³/mol. The second-order valence-corrected chi connectivity index (χ2v) is 3.15. The fraction of sp³-hybridized carbons (Fsp3) is 0.182. The van der Waals surface area contributed by atoms with Crippen LogP contribution in [0.3, 0.4) is 0 Å². The number of methoxy groups -OCH3 is 1. The van der Waals surface area contributed by atoms with E-state index < -0.39 is 0 Å². The van der Waals surface area contributed by atoms with Crippen molar-refractivity contribution in [3.05, 3.63) is 42.2 Å². The van der Waals surface area contributed by atoms with Gasteiger partial charge in [-0.15, -0.1) is 0 Å². The van der Waals surface area contributed by atoms with Crippen LogP contribution in [0.4, 0.5) is 5.69 Å². The van der Waals surface area contributed by atoms with Crippen LogP contribution < -0.4 is 10.1 Å². The highest BCUT2D eigenvalue weighted by Crippen LogP contribution is 2.18. The SMILES string of the molecule is COc1ccccc1CNc1cn[nH]c1. The number of ether oxygens (including phenoxy) is 1. The first-order valence-electron chi connectivity index (χ1n) is 4.74. The number of nitrogens with one attached hydrogen (secondary N) is 2. The lowest BCUT2D eigenvalue weighted by Crippen LogP contribution is -2.00. The summed E-state index contributed by atoms with van der Waals surface area (Å²) in [6.45, 7) is 0.726. The van der Waals surface area contributed by atoms with Crippen LogP contribution in [0.25, 0.3) is 0 Å². The van der Waals surface area contributed by atoms with E-state index in [1.54, 1.807) is 13.3 Å². The van der Waals surface area contributed by atoms with E-state index in [-0.39, 0.29) is 0 Å². The molecule has 0 unspecified atom stereocenters. The molecule has 2 N–H and O–H groups in total. The lowest BCUT2D eigenvalue weighted by atomic mass is 10.2. The number of hydrogen-bond acceptors (Lipinski definition) is 3. The number of aromatic amines is 1.